The summed E-state index contributed by atoms with van der Waals surface area (Å²) in [4.78, 5) is 79.7. The number of unbranched alkanes of at least 4 members (excludes halogenated alkanes) is 1. The summed E-state index contributed by atoms with van der Waals surface area (Å²) in [6.45, 7) is 18.8. The van der Waals surface area contributed by atoms with Crippen LogP contribution in [0.15, 0.2) is 54.6 Å². The first-order chi connectivity index (χ1) is 24.2. The smallest absolute Gasteiger partial charge is 0.414 e. The average Bonchev–Trinajstić information content (AvgIpc) is 3.00. The number of hydrogen-bond donors (Lipinski definition) is 6. The van der Waals surface area contributed by atoms with Gasteiger partial charge in [0.25, 0.3) is 0 Å². The molecule has 0 heterocycles. The van der Waals surface area contributed by atoms with Crippen molar-refractivity contribution in [2.75, 3.05) is 13.2 Å². The van der Waals surface area contributed by atoms with Gasteiger partial charge in [0.2, 0.25) is 23.7 Å². The summed E-state index contributed by atoms with van der Waals surface area (Å²) in [6, 6.07) is 3.34. The van der Waals surface area contributed by atoms with E-state index < -0.39 is 65.2 Å². The number of aliphatic carboxylic acids is 1. The van der Waals surface area contributed by atoms with Gasteiger partial charge in [-0.05, 0) is 84.9 Å². The predicted molar refractivity (Wildman–Crippen MR) is 195 cm³/mol. The molecule has 3 atom stereocenters. The zero-order valence-electron chi connectivity index (χ0n) is 31.1. The van der Waals surface area contributed by atoms with Gasteiger partial charge in [-0.25, -0.2) is 14.4 Å². The van der Waals surface area contributed by atoms with Gasteiger partial charge in [0.1, 0.15) is 41.7 Å². The van der Waals surface area contributed by atoms with Crippen LogP contribution in [-0.4, -0.2) is 89.4 Å². The van der Waals surface area contributed by atoms with Gasteiger partial charge >= 0.3 is 18.2 Å². The number of ether oxygens (including phenoxy) is 3. The molecule has 0 fully saturated rings. The molecule has 0 spiro atoms. The molecule has 1 aromatic carbocycles. The van der Waals surface area contributed by atoms with Crippen LogP contribution in [0.5, 0.6) is 5.75 Å². The van der Waals surface area contributed by atoms with E-state index in [0.29, 0.717) is 24.3 Å². The summed E-state index contributed by atoms with van der Waals surface area (Å²) in [6.07, 6.45) is 1.89. The van der Waals surface area contributed by atoms with Gasteiger partial charge in [-0.1, -0.05) is 30.9 Å². The predicted octanol–water partition coefficient (Wildman–Crippen LogP) is 3.50. The van der Waals surface area contributed by atoms with Crippen molar-refractivity contribution in [2.45, 2.75) is 110 Å². The van der Waals surface area contributed by atoms with Crippen molar-refractivity contribution in [3.63, 3.8) is 0 Å². The topological polar surface area (TPSA) is 223 Å². The van der Waals surface area contributed by atoms with Gasteiger partial charge in [-0.15, -0.1) is 6.58 Å². The highest BCUT2D eigenvalue weighted by atomic mass is 16.6. The minimum absolute atomic E-state index is 0.0456. The molecular formula is C36H54N6O10. The molecule has 1 rings (SSSR count). The average molecular weight is 731 g/mol. The quantitative estimate of drug-likeness (QED) is 0.0558. The zero-order chi connectivity index (χ0) is 39.5. The number of amides is 5. The number of hydrogen-bond acceptors (Lipinski definition) is 10. The van der Waals surface area contributed by atoms with E-state index in [2.05, 4.69) is 44.7 Å². The molecule has 0 aliphatic rings. The summed E-state index contributed by atoms with van der Waals surface area (Å²) in [5.41, 5.74) is -0.946. The lowest BCUT2D eigenvalue weighted by atomic mass is 10.0. The minimum atomic E-state index is -1.29. The number of nitrogens with one attached hydrogen (secondary N) is 5. The Hall–Kier alpha value is -5.41. The van der Waals surface area contributed by atoms with E-state index in [4.69, 9.17) is 14.2 Å². The van der Waals surface area contributed by atoms with Gasteiger partial charge in [0, 0.05) is 19.9 Å². The lowest BCUT2D eigenvalue weighted by Crippen LogP contribution is -2.56. The molecule has 0 aliphatic carbocycles. The van der Waals surface area contributed by atoms with Crippen molar-refractivity contribution >= 4 is 41.8 Å². The van der Waals surface area contributed by atoms with Crippen molar-refractivity contribution in [3.8, 4) is 5.75 Å². The molecule has 16 nitrogen and oxygen atoms in total. The van der Waals surface area contributed by atoms with Crippen LogP contribution in [0.3, 0.4) is 0 Å². The number of guanidine groups is 1. The molecule has 0 aliphatic heterocycles. The molecule has 5 amide bonds. The van der Waals surface area contributed by atoms with Crippen molar-refractivity contribution < 1.29 is 48.1 Å². The highest BCUT2D eigenvalue weighted by molar-refractivity contribution is 6.01. The second-order valence-corrected chi connectivity index (χ2v) is 13.7. The molecule has 16 heteroatoms. The summed E-state index contributed by atoms with van der Waals surface area (Å²) >= 11 is 0. The van der Waals surface area contributed by atoms with Crippen molar-refractivity contribution in [2.24, 2.45) is 4.99 Å². The minimum Gasteiger partial charge on any atom is -0.490 e. The summed E-state index contributed by atoms with van der Waals surface area (Å²) in [5, 5.41) is 22.0. The molecule has 1 aromatic rings. The van der Waals surface area contributed by atoms with Crippen molar-refractivity contribution in [3.05, 3.63) is 55.1 Å². The largest absolute Gasteiger partial charge is 0.490 e. The third-order valence-electron chi connectivity index (χ3n) is 6.48. The Bertz CT molecular complexity index is 1400. The first kappa shape index (κ1) is 44.6. The van der Waals surface area contributed by atoms with Gasteiger partial charge in [-0.3, -0.25) is 30.0 Å². The van der Waals surface area contributed by atoms with Gasteiger partial charge in [-0.2, -0.15) is 0 Å². The number of carbonyl (C=O) groups is 6. The molecule has 0 saturated heterocycles. The summed E-state index contributed by atoms with van der Waals surface area (Å²) in [7, 11) is 0. The van der Waals surface area contributed by atoms with Gasteiger partial charge in [0.05, 0.1) is 0 Å². The highest BCUT2D eigenvalue weighted by Crippen LogP contribution is 2.15. The molecule has 288 valence electrons. The monoisotopic (exact) mass is 730 g/mol. The standard InChI is InChI=1S/C36H54N6O10/c1-10-14-27(31(46)47)40-29(44)26(39-30(45)28(38-23(3)43)22-24-16-18-25(19-17-24)50-21-11-2)15-12-13-20-37-32(41-33(48)51-35(4,5)6)42-34(49)52-36(7,8)9/h10-11,16-19,26-28H,1-2,12-15,20-22H2,3-9H3,(H,38,43)(H,39,45)(H,40,44)(H,46,47)(H2,37,41,42,48,49)/t26-,27-,28-/m0/s1. The van der Waals surface area contributed by atoms with Crippen LogP contribution in [-0.2, 0) is 35.1 Å². The first-order valence-electron chi connectivity index (χ1n) is 16.8. The first-order valence-corrected chi connectivity index (χ1v) is 16.8. The Morgan fingerprint density at radius 3 is 1.81 bits per heavy atom. The Labute approximate surface area is 305 Å². The Morgan fingerprint density at radius 2 is 1.33 bits per heavy atom. The molecule has 6 N–H and O–H groups in total. The Balaban J connectivity index is 3.16. The fourth-order valence-corrected chi connectivity index (χ4v) is 4.33. The maximum absolute atomic E-state index is 13.5. The molecule has 0 unspecified atom stereocenters. The second kappa shape index (κ2) is 21.7. The third-order valence-corrected chi connectivity index (χ3v) is 6.48. The zero-order valence-corrected chi connectivity index (χ0v) is 31.1. The molecule has 52 heavy (non-hydrogen) atoms. The van der Waals surface area contributed by atoms with Crippen LogP contribution in [0.1, 0.15) is 79.7 Å². The number of carbonyl (C=O) groups excluding carboxylic acids is 5. The van der Waals surface area contributed by atoms with E-state index in [0.717, 1.165) is 0 Å². The van der Waals surface area contributed by atoms with Crippen molar-refractivity contribution in [1.82, 2.24) is 26.6 Å². The number of rotatable bonds is 18. The van der Waals surface area contributed by atoms with Crippen molar-refractivity contribution in [1.29, 1.82) is 0 Å². The van der Waals surface area contributed by atoms with Crippen LogP contribution in [0, 0.1) is 0 Å². The Morgan fingerprint density at radius 1 is 0.788 bits per heavy atom. The summed E-state index contributed by atoms with van der Waals surface area (Å²) < 4.78 is 16.0. The van der Waals surface area contributed by atoms with Gasteiger partial charge < -0.3 is 35.3 Å². The maximum Gasteiger partial charge on any atom is 0.414 e. The molecule has 0 saturated carbocycles. The maximum atomic E-state index is 13.5. The van der Waals surface area contributed by atoms with E-state index in [9.17, 15) is 33.9 Å². The molecule has 0 bridgehead atoms. The number of carboxylic acids is 1. The fraction of sp³-hybridized carbons (Fsp3) is 0.528. The van der Waals surface area contributed by atoms with E-state index in [1.807, 2.05) is 0 Å². The van der Waals surface area contributed by atoms with Crippen LogP contribution in [0.25, 0.3) is 0 Å². The molecular weight excluding hydrogens is 676 g/mol. The fourth-order valence-electron chi connectivity index (χ4n) is 4.33. The van der Waals surface area contributed by atoms with Crippen LogP contribution >= 0.6 is 0 Å². The lowest BCUT2D eigenvalue weighted by Gasteiger charge is -2.24. The molecule has 0 radical (unpaired) electrons. The molecule has 0 aromatic heterocycles. The van der Waals surface area contributed by atoms with E-state index in [-0.39, 0.29) is 38.2 Å². The van der Waals surface area contributed by atoms with Crippen LogP contribution < -0.4 is 31.3 Å². The number of nitrogens with zero attached hydrogens (tertiary/aromatic N) is 1. The lowest BCUT2D eigenvalue weighted by molar-refractivity contribution is -0.142. The number of carboxylic acid groups (broad SMARTS) is 1. The number of alkyl carbamates (subject to hydrolysis) is 2. The van der Waals surface area contributed by atoms with E-state index in [1.165, 1.54) is 13.0 Å². The Kier molecular flexibility index (Phi) is 18.6. The normalized spacial score (nSPS) is 12.8. The van der Waals surface area contributed by atoms with Gasteiger partial charge in [0.15, 0.2) is 0 Å². The second-order valence-electron chi connectivity index (χ2n) is 13.7. The SMILES string of the molecule is C=CCOc1ccc(C[C@H](NC(C)=O)C(=O)N[C@@H](CCCCN=C(NC(=O)OC(C)(C)C)NC(=O)OC(C)(C)C)C(=O)N[C@@H](CC=C)C(=O)O)cc1. The number of benzene rings is 1. The summed E-state index contributed by atoms with van der Waals surface area (Å²) in [5.74, 6) is -2.81. The van der Waals surface area contributed by atoms with E-state index in [1.54, 1.807) is 71.9 Å². The third kappa shape index (κ3) is 19.7. The van der Waals surface area contributed by atoms with Crippen LogP contribution in [0.4, 0.5) is 9.59 Å². The highest BCUT2D eigenvalue weighted by Gasteiger charge is 2.29. The number of aliphatic imine (C=N–C) groups is 1. The van der Waals surface area contributed by atoms with E-state index >= 15 is 0 Å². The van der Waals surface area contributed by atoms with Crippen LogP contribution in [0.2, 0.25) is 0 Å².